The summed E-state index contributed by atoms with van der Waals surface area (Å²) in [5.41, 5.74) is 1.03. The van der Waals surface area contributed by atoms with Crippen LogP contribution in [0.1, 0.15) is 27.2 Å². The van der Waals surface area contributed by atoms with Gasteiger partial charge < -0.3 is 19.5 Å². The Hall–Kier alpha value is -2.36. The van der Waals surface area contributed by atoms with Crippen molar-refractivity contribution in [2.45, 2.75) is 39.4 Å². The first-order valence-electron chi connectivity index (χ1n) is 8.42. The highest BCUT2D eigenvalue weighted by molar-refractivity contribution is 5.48. The zero-order valence-electron chi connectivity index (χ0n) is 14.9. The summed E-state index contributed by atoms with van der Waals surface area (Å²) in [5, 5.41) is 3.39. The summed E-state index contributed by atoms with van der Waals surface area (Å²) in [4.78, 5) is 0. The lowest BCUT2D eigenvalue weighted by atomic mass is 10.2. The second-order valence-corrected chi connectivity index (χ2v) is 5.85. The fraction of sp³-hybridized carbons (Fsp3) is 0.400. The van der Waals surface area contributed by atoms with Gasteiger partial charge in [-0.3, -0.25) is 0 Å². The zero-order chi connectivity index (χ0) is 17.4. The minimum absolute atomic E-state index is 0.0394. The van der Waals surface area contributed by atoms with E-state index in [0.717, 1.165) is 29.4 Å². The highest BCUT2D eigenvalue weighted by Gasteiger charge is 2.06. The molecule has 0 radical (unpaired) electrons. The highest BCUT2D eigenvalue weighted by Crippen LogP contribution is 2.20. The van der Waals surface area contributed by atoms with E-state index in [4.69, 9.17) is 14.2 Å². The van der Waals surface area contributed by atoms with Crippen molar-refractivity contribution in [1.82, 2.24) is 0 Å². The summed E-state index contributed by atoms with van der Waals surface area (Å²) in [7, 11) is 1.65. The lowest BCUT2D eigenvalue weighted by Gasteiger charge is -2.17. The number of ether oxygens (including phenoxy) is 3. The summed E-state index contributed by atoms with van der Waals surface area (Å²) in [5.74, 6) is 2.54. The third-order valence-electron chi connectivity index (χ3n) is 3.74. The molecule has 0 amide bonds. The molecular formula is C20H27NO3. The molecule has 4 nitrogen and oxygen atoms in total. The van der Waals surface area contributed by atoms with E-state index >= 15 is 0 Å². The van der Waals surface area contributed by atoms with Crippen LogP contribution in [-0.4, -0.2) is 25.9 Å². The highest BCUT2D eigenvalue weighted by atomic mass is 16.5. The fourth-order valence-electron chi connectivity index (χ4n) is 2.18. The molecule has 0 heterocycles. The average molecular weight is 329 g/mol. The van der Waals surface area contributed by atoms with Crippen molar-refractivity contribution in [3.63, 3.8) is 0 Å². The van der Waals surface area contributed by atoms with Crippen molar-refractivity contribution in [2.75, 3.05) is 19.0 Å². The Morgan fingerprint density at radius 2 is 1.54 bits per heavy atom. The van der Waals surface area contributed by atoms with Crippen molar-refractivity contribution < 1.29 is 14.2 Å². The number of hydrogen-bond donors (Lipinski definition) is 1. The zero-order valence-corrected chi connectivity index (χ0v) is 14.9. The van der Waals surface area contributed by atoms with Crippen LogP contribution in [0.15, 0.2) is 48.5 Å². The van der Waals surface area contributed by atoms with E-state index in [-0.39, 0.29) is 12.2 Å². The molecule has 0 aliphatic heterocycles. The minimum atomic E-state index is 0.0394. The quantitative estimate of drug-likeness (QED) is 0.720. The number of anilines is 1. The molecule has 0 saturated carbocycles. The Bertz CT molecular complexity index is 613. The SMILES string of the molecule is CCC(C)Oc1cccc(NCC(C)Oc2ccc(OC)cc2)c1. The molecule has 4 heteroatoms. The van der Waals surface area contributed by atoms with E-state index in [0.29, 0.717) is 6.54 Å². The summed E-state index contributed by atoms with van der Waals surface area (Å²) in [6.07, 6.45) is 1.25. The lowest BCUT2D eigenvalue weighted by molar-refractivity contribution is 0.217. The molecule has 0 bridgehead atoms. The van der Waals surface area contributed by atoms with Crippen molar-refractivity contribution >= 4 is 5.69 Å². The van der Waals surface area contributed by atoms with Crippen LogP contribution >= 0.6 is 0 Å². The molecule has 2 atom stereocenters. The van der Waals surface area contributed by atoms with E-state index < -0.39 is 0 Å². The molecule has 2 rings (SSSR count). The summed E-state index contributed by atoms with van der Waals surface area (Å²) < 4.78 is 16.9. The molecule has 24 heavy (non-hydrogen) atoms. The first kappa shape index (κ1) is 18.0. The smallest absolute Gasteiger partial charge is 0.121 e. The van der Waals surface area contributed by atoms with Crippen molar-refractivity contribution in [1.29, 1.82) is 0 Å². The molecular weight excluding hydrogens is 302 g/mol. The maximum Gasteiger partial charge on any atom is 0.121 e. The number of methoxy groups -OCH3 is 1. The van der Waals surface area contributed by atoms with Crippen molar-refractivity contribution in [2.24, 2.45) is 0 Å². The topological polar surface area (TPSA) is 39.7 Å². The first-order chi connectivity index (χ1) is 11.6. The van der Waals surface area contributed by atoms with Crippen LogP contribution in [-0.2, 0) is 0 Å². The van der Waals surface area contributed by atoms with Gasteiger partial charge in [0.1, 0.15) is 23.4 Å². The largest absolute Gasteiger partial charge is 0.497 e. The molecule has 130 valence electrons. The summed E-state index contributed by atoms with van der Waals surface area (Å²) in [6, 6.07) is 15.6. The number of nitrogens with one attached hydrogen (secondary N) is 1. The second kappa shape index (κ2) is 9.06. The van der Waals surface area contributed by atoms with Crippen LogP contribution in [0.2, 0.25) is 0 Å². The molecule has 0 aliphatic rings. The predicted octanol–water partition coefficient (Wildman–Crippen LogP) is 4.75. The van der Waals surface area contributed by atoms with Gasteiger partial charge >= 0.3 is 0 Å². The van der Waals surface area contributed by atoms with Gasteiger partial charge in [-0.2, -0.15) is 0 Å². The van der Waals surface area contributed by atoms with E-state index in [1.165, 1.54) is 0 Å². The van der Waals surface area contributed by atoms with Gasteiger partial charge in [0.15, 0.2) is 0 Å². The molecule has 0 aliphatic carbocycles. The van der Waals surface area contributed by atoms with Crippen LogP contribution in [0, 0.1) is 0 Å². The van der Waals surface area contributed by atoms with Gasteiger partial charge in [0.25, 0.3) is 0 Å². The Labute approximate surface area is 144 Å². The van der Waals surface area contributed by atoms with E-state index in [2.05, 4.69) is 19.2 Å². The first-order valence-corrected chi connectivity index (χ1v) is 8.42. The molecule has 1 N–H and O–H groups in total. The molecule has 2 aromatic rings. The van der Waals surface area contributed by atoms with Crippen LogP contribution < -0.4 is 19.5 Å². The van der Waals surface area contributed by atoms with Crippen LogP contribution in [0.3, 0.4) is 0 Å². The Morgan fingerprint density at radius 3 is 2.21 bits per heavy atom. The van der Waals surface area contributed by atoms with Gasteiger partial charge in [-0.05, 0) is 56.7 Å². The van der Waals surface area contributed by atoms with Gasteiger partial charge in [-0.15, -0.1) is 0 Å². The average Bonchev–Trinajstić information content (AvgIpc) is 2.61. The van der Waals surface area contributed by atoms with Gasteiger partial charge in [-0.25, -0.2) is 0 Å². The lowest BCUT2D eigenvalue weighted by Crippen LogP contribution is -2.22. The van der Waals surface area contributed by atoms with Gasteiger partial charge in [0.2, 0.25) is 0 Å². The third kappa shape index (κ3) is 5.69. The molecule has 2 unspecified atom stereocenters. The Morgan fingerprint density at radius 1 is 0.875 bits per heavy atom. The summed E-state index contributed by atoms with van der Waals surface area (Å²) in [6.45, 7) is 6.94. The maximum absolute atomic E-state index is 5.90. The molecule has 2 aromatic carbocycles. The van der Waals surface area contributed by atoms with Gasteiger partial charge in [-0.1, -0.05) is 13.0 Å². The third-order valence-corrected chi connectivity index (χ3v) is 3.74. The van der Waals surface area contributed by atoms with E-state index in [9.17, 15) is 0 Å². The number of rotatable bonds is 9. The fourth-order valence-corrected chi connectivity index (χ4v) is 2.18. The maximum atomic E-state index is 5.90. The monoisotopic (exact) mass is 329 g/mol. The van der Waals surface area contributed by atoms with Crippen LogP contribution in [0.5, 0.6) is 17.2 Å². The second-order valence-electron chi connectivity index (χ2n) is 5.85. The molecule has 0 aromatic heterocycles. The normalized spacial score (nSPS) is 13.0. The Balaban J connectivity index is 1.84. The number of benzene rings is 2. The minimum Gasteiger partial charge on any atom is -0.497 e. The van der Waals surface area contributed by atoms with Gasteiger partial charge in [0.05, 0.1) is 19.8 Å². The molecule has 0 saturated heterocycles. The van der Waals surface area contributed by atoms with Crippen LogP contribution in [0.25, 0.3) is 0 Å². The number of hydrogen-bond acceptors (Lipinski definition) is 4. The molecule has 0 fully saturated rings. The Kier molecular flexibility index (Phi) is 6.79. The predicted molar refractivity (Wildman–Crippen MR) is 98.4 cm³/mol. The van der Waals surface area contributed by atoms with E-state index in [1.807, 2.05) is 55.5 Å². The standard InChI is InChI=1S/C20H27NO3/c1-5-15(2)23-20-8-6-7-17(13-20)21-14-16(3)24-19-11-9-18(22-4)10-12-19/h6-13,15-16,21H,5,14H2,1-4H3. The van der Waals surface area contributed by atoms with E-state index in [1.54, 1.807) is 7.11 Å². The van der Waals surface area contributed by atoms with Gasteiger partial charge in [0, 0.05) is 11.8 Å². The van der Waals surface area contributed by atoms with Crippen LogP contribution in [0.4, 0.5) is 5.69 Å². The summed E-state index contributed by atoms with van der Waals surface area (Å²) >= 11 is 0. The van der Waals surface area contributed by atoms with Crippen molar-refractivity contribution in [3.05, 3.63) is 48.5 Å². The molecule has 0 spiro atoms. The van der Waals surface area contributed by atoms with Crippen molar-refractivity contribution in [3.8, 4) is 17.2 Å².